The Kier molecular flexibility index (Phi) is 3.44. The highest BCUT2D eigenvalue weighted by Crippen LogP contribution is 2.31. The van der Waals surface area contributed by atoms with E-state index in [-0.39, 0.29) is 10.8 Å². The van der Waals surface area contributed by atoms with Gasteiger partial charge >= 0.3 is 6.18 Å². The van der Waals surface area contributed by atoms with Gasteiger partial charge in [0, 0.05) is 12.0 Å². The van der Waals surface area contributed by atoms with Gasteiger partial charge in [-0.05, 0) is 24.1 Å². The van der Waals surface area contributed by atoms with Crippen LogP contribution in [0.4, 0.5) is 13.2 Å². The molecule has 0 aliphatic rings. The Labute approximate surface area is 83.3 Å². The van der Waals surface area contributed by atoms with Crippen LogP contribution in [0.15, 0.2) is 16.7 Å². The molecule has 80 valence electrons. The molecule has 0 saturated heterocycles. The van der Waals surface area contributed by atoms with E-state index < -0.39 is 25.1 Å². The molecule has 1 aromatic rings. The predicted molar refractivity (Wildman–Crippen MR) is 44.0 cm³/mol. The van der Waals surface area contributed by atoms with Gasteiger partial charge in [-0.15, -0.1) is 0 Å². The summed E-state index contributed by atoms with van der Waals surface area (Å²) in [5, 5.41) is 9.24. The van der Waals surface area contributed by atoms with Crippen LogP contribution in [-0.2, 0) is 0 Å². The zero-order valence-electron chi connectivity index (χ0n) is 7.01. The summed E-state index contributed by atoms with van der Waals surface area (Å²) >= 11 is 5.48. The molecule has 0 fully saturated rings. The first-order valence-electron chi connectivity index (χ1n) is 3.88. The molecule has 1 rings (SSSR count). The molecule has 0 aliphatic heterocycles. The molecule has 0 saturated carbocycles. The fourth-order valence-electron chi connectivity index (χ4n) is 0.999. The van der Waals surface area contributed by atoms with Gasteiger partial charge in [0.25, 0.3) is 0 Å². The molecule has 0 aliphatic carbocycles. The molecular formula is C8H8ClF3O2. The van der Waals surface area contributed by atoms with Gasteiger partial charge in [0.15, 0.2) is 5.22 Å². The van der Waals surface area contributed by atoms with E-state index in [1.54, 1.807) is 0 Å². The monoisotopic (exact) mass is 228 g/mol. The maximum absolute atomic E-state index is 11.8. The zero-order chi connectivity index (χ0) is 10.8. The average Bonchev–Trinajstić information content (AvgIpc) is 2.46. The molecule has 1 unspecified atom stereocenters. The van der Waals surface area contributed by atoms with E-state index in [1.165, 1.54) is 12.3 Å². The minimum absolute atomic E-state index is 0.0697. The first-order chi connectivity index (χ1) is 6.40. The van der Waals surface area contributed by atoms with Gasteiger partial charge in [-0.25, -0.2) is 0 Å². The van der Waals surface area contributed by atoms with Crippen LogP contribution in [0.5, 0.6) is 0 Å². The van der Waals surface area contributed by atoms with Gasteiger partial charge in [0.2, 0.25) is 0 Å². The van der Waals surface area contributed by atoms with Crippen LogP contribution < -0.4 is 0 Å². The lowest BCUT2D eigenvalue weighted by Gasteiger charge is -2.10. The van der Waals surface area contributed by atoms with Crippen LogP contribution in [0.3, 0.4) is 0 Å². The van der Waals surface area contributed by atoms with Gasteiger partial charge in [-0.1, -0.05) is 0 Å². The summed E-state index contributed by atoms with van der Waals surface area (Å²) in [5.41, 5.74) is 0.191. The van der Waals surface area contributed by atoms with Gasteiger partial charge in [0.05, 0.1) is 12.4 Å². The van der Waals surface area contributed by atoms with Gasteiger partial charge in [-0.2, -0.15) is 13.2 Å². The lowest BCUT2D eigenvalue weighted by Crippen LogP contribution is -2.09. The van der Waals surface area contributed by atoms with Crippen LogP contribution in [0, 0.1) is 0 Å². The molecule has 1 heterocycles. The summed E-state index contributed by atoms with van der Waals surface area (Å²) in [7, 11) is 0. The smallest absolute Gasteiger partial charge is 0.389 e. The van der Waals surface area contributed by atoms with Crippen molar-refractivity contribution in [3.05, 3.63) is 23.1 Å². The number of aliphatic hydroxyl groups is 1. The quantitative estimate of drug-likeness (QED) is 0.861. The second kappa shape index (κ2) is 4.23. The highest BCUT2D eigenvalue weighted by atomic mass is 35.5. The van der Waals surface area contributed by atoms with Crippen molar-refractivity contribution in [2.45, 2.75) is 25.1 Å². The van der Waals surface area contributed by atoms with E-state index >= 15 is 0 Å². The van der Waals surface area contributed by atoms with E-state index in [9.17, 15) is 18.3 Å². The lowest BCUT2D eigenvalue weighted by molar-refractivity contribution is -0.140. The second-order valence-electron chi connectivity index (χ2n) is 2.82. The Morgan fingerprint density at radius 1 is 1.50 bits per heavy atom. The topological polar surface area (TPSA) is 33.4 Å². The standard InChI is InChI=1S/C8H8ClF3O2/c9-7-5(2-4-14-7)6(13)1-3-8(10,11)12/h2,4,6,13H,1,3H2. The molecule has 0 radical (unpaired) electrons. The maximum Gasteiger partial charge on any atom is 0.389 e. The molecule has 0 spiro atoms. The third-order valence-corrected chi connectivity index (χ3v) is 2.01. The van der Waals surface area contributed by atoms with Crippen molar-refractivity contribution in [1.29, 1.82) is 0 Å². The van der Waals surface area contributed by atoms with E-state index in [0.29, 0.717) is 0 Å². The number of halogens is 4. The van der Waals surface area contributed by atoms with Gasteiger partial charge in [0.1, 0.15) is 0 Å². The molecule has 2 nitrogen and oxygen atoms in total. The largest absolute Gasteiger partial charge is 0.453 e. The highest BCUT2D eigenvalue weighted by Gasteiger charge is 2.29. The molecule has 0 aromatic carbocycles. The summed E-state index contributed by atoms with van der Waals surface area (Å²) in [5.74, 6) is 0. The molecule has 0 amide bonds. The summed E-state index contributed by atoms with van der Waals surface area (Å²) in [6.07, 6.45) is -5.74. The van der Waals surface area contributed by atoms with E-state index in [1.807, 2.05) is 0 Å². The average molecular weight is 229 g/mol. The van der Waals surface area contributed by atoms with Crippen molar-refractivity contribution < 1.29 is 22.7 Å². The Morgan fingerprint density at radius 2 is 2.14 bits per heavy atom. The van der Waals surface area contributed by atoms with Crippen molar-refractivity contribution in [2.75, 3.05) is 0 Å². The van der Waals surface area contributed by atoms with Crippen LogP contribution >= 0.6 is 11.6 Å². The van der Waals surface area contributed by atoms with Crippen molar-refractivity contribution in [3.63, 3.8) is 0 Å². The summed E-state index contributed by atoms with van der Waals surface area (Å²) in [4.78, 5) is 0. The first-order valence-corrected chi connectivity index (χ1v) is 4.25. The predicted octanol–water partition coefficient (Wildman–Crippen LogP) is 3.31. The number of aliphatic hydroxyl groups excluding tert-OH is 1. The van der Waals surface area contributed by atoms with Crippen LogP contribution in [0.1, 0.15) is 24.5 Å². The molecule has 1 atom stereocenters. The Hall–Kier alpha value is -0.680. The normalized spacial score (nSPS) is 14.4. The number of hydrogen-bond acceptors (Lipinski definition) is 2. The molecule has 6 heteroatoms. The van der Waals surface area contributed by atoms with Crippen molar-refractivity contribution >= 4 is 11.6 Å². The molecular weight excluding hydrogens is 221 g/mol. The fourth-order valence-corrected chi connectivity index (χ4v) is 1.24. The maximum atomic E-state index is 11.8. The summed E-state index contributed by atoms with van der Waals surface area (Å²) in [6, 6.07) is 1.35. The van der Waals surface area contributed by atoms with Crippen molar-refractivity contribution in [2.24, 2.45) is 0 Å². The Balaban J connectivity index is 2.51. The van der Waals surface area contributed by atoms with Crippen molar-refractivity contribution in [3.8, 4) is 0 Å². The first kappa shape index (κ1) is 11.4. The van der Waals surface area contributed by atoms with E-state index in [4.69, 9.17) is 11.6 Å². The lowest BCUT2D eigenvalue weighted by atomic mass is 10.1. The van der Waals surface area contributed by atoms with E-state index in [0.717, 1.165) is 0 Å². The van der Waals surface area contributed by atoms with Crippen LogP contribution in [-0.4, -0.2) is 11.3 Å². The summed E-state index contributed by atoms with van der Waals surface area (Å²) < 4.78 is 40.0. The highest BCUT2D eigenvalue weighted by molar-refractivity contribution is 6.29. The van der Waals surface area contributed by atoms with Gasteiger partial charge in [-0.3, -0.25) is 0 Å². The van der Waals surface area contributed by atoms with Gasteiger partial charge < -0.3 is 9.52 Å². The number of rotatable bonds is 3. The third-order valence-electron chi connectivity index (χ3n) is 1.71. The SMILES string of the molecule is OC(CCC(F)(F)F)c1ccoc1Cl. The van der Waals surface area contributed by atoms with Crippen LogP contribution in [0.2, 0.25) is 5.22 Å². The van der Waals surface area contributed by atoms with E-state index in [2.05, 4.69) is 4.42 Å². The molecule has 0 bridgehead atoms. The van der Waals surface area contributed by atoms with Crippen LogP contribution in [0.25, 0.3) is 0 Å². The Bertz CT molecular complexity index is 295. The number of alkyl halides is 3. The second-order valence-corrected chi connectivity index (χ2v) is 3.16. The minimum Gasteiger partial charge on any atom is -0.453 e. The molecule has 14 heavy (non-hydrogen) atoms. The molecule has 1 aromatic heterocycles. The number of furan rings is 1. The third kappa shape index (κ3) is 3.23. The summed E-state index contributed by atoms with van der Waals surface area (Å²) in [6.45, 7) is 0. The number of hydrogen-bond donors (Lipinski definition) is 1. The Morgan fingerprint density at radius 3 is 2.57 bits per heavy atom. The zero-order valence-corrected chi connectivity index (χ0v) is 7.77. The fraction of sp³-hybridized carbons (Fsp3) is 0.500. The van der Waals surface area contributed by atoms with Crippen molar-refractivity contribution in [1.82, 2.24) is 0 Å². The molecule has 1 N–H and O–H groups in total. The minimum atomic E-state index is -4.27.